The molecule has 0 saturated carbocycles. The highest BCUT2D eigenvalue weighted by molar-refractivity contribution is 14.0. The summed E-state index contributed by atoms with van der Waals surface area (Å²) in [5.74, 6) is 1.52. The van der Waals surface area contributed by atoms with Gasteiger partial charge in [0.25, 0.3) is 0 Å². The molecule has 0 radical (unpaired) electrons. The Bertz CT molecular complexity index is 615. The van der Waals surface area contributed by atoms with Gasteiger partial charge in [-0.1, -0.05) is 30.7 Å². The van der Waals surface area contributed by atoms with E-state index in [-0.39, 0.29) is 24.0 Å². The van der Waals surface area contributed by atoms with Crippen LogP contribution in [0.5, 0.6) is 0 Å². The monoisotopic (exact) mass is 544 g/mol. The highest BCUT2D eigenvalue weighted by Crippen LogP contribution is 2.15. The van der Waals surface area contributed by atoms with E-state index >= 15 is 0 Å². The molecular weight excluding hydrogens is 503 g/mol. The summed E-state index contributed by atoms with van der Waals surface area (Å²) in [6, 6.07) is 8.97. The molecule has 2 fully saturated rings. The summed E-state index contributed by atoms with van der Waals surface area (Å²) in [6.07, 6.45) is 7.32. The van der Waals surface area contributed by atoms with E-state index in [0.717, 1.165) is 71.3 Å². The lowest BCUT2D eigenvalue weighted by molar-refractivity contribution is 0.0203. The van der Waals surface area contributed by atoms with Gasteiger partial charge in [0, 0.05) is 53.1 Å². The highest BCUT2D eigenvalue weighted by Gasteiger charge is 2.13. The van der Waals surface area contributed by atoms with E-state index in [1.54, 1.807) is 0 Å². The van der Waals surface area contributed by atoms with Crippen LogP contribution in [0.4, 0.5) is 0 Å². The summed E-state index contributed by atoms with van der Waals surface area (Å²) < 4.78 is 11.2. The van der Waals surface area contributed by atoms with Crippen LogP contribution in [0, 0.1) is 5.92 Å². The van der Waals surface area contributed by atoms with E-state index < -0.39 is 0 Å². The summed E-state index contributed by atoms with van der Waals surface area (Å²) in [7, 11) is 1.82. The molecule has 2 heterocycles. The normalized spacial score (nSPS) is 18.4. The molecule has 31 heavy (non-hydrogen) atoms. The summed E-state index contributed by atoms with van der Waals surface area (Å²) in [5, 5.41) is 6.78. The average Bonchev–Trinajstić information content (AvgIpc) is 2.80. The smallest absolute Gasteiger partial charge is 0.191 e. The molecule has 7 heteroatoms. The van der Waals surface area contributed by atoms with Crippen LogP contribution < -0.4 is 10.6 Å². The molecule has 2 saturated heterocycles. The number of piperidine rings is 1. The number of guanidine groups is 1. The van der Waals surface area contributed by atoms with Crippen molar-refractivity contribution in [2.75, 3.05) is 53.1 Å². The third-order valence-electron chi connectivity index (χ3n) is 6.01. The second-order valence-corrected chi connectivity index (χ2v) is 8.49. The quantitative estimate of drug-likeness (QED) is 0.203. The molecule has 176 valence electrons. The summed E-state index contributed by atoms with van der Waals surface area (Å²) >= 11 is 0. The van der Waals surface area contributed by atoms with Crippen LogP contribution in [0.15, 0.2) is 29.3 Å². The van der Waals surface area contributed by atoms with Gasteiger partial charge >= 0.3 is 0 Å². The van der Waals surface area contributed by atoms with Crippen LogP contribution in [0.3, 0.4) is 0 Å². The van der Waals surface area contributed by atoms with Gasteiger partial charge in [-0.05, 0) is 62.2 Å². The zero-order valence-corrected chi connectivity index (χ0v) is 21.4. The third kappa shape index (κ3) is 10.5. The molecular formula is C24H41IN4O2. The lowest BCUT2D eigenvalue weighted by Gasteiger charge is -2.26. The van der Waals surface area contributed by atoms with Crippen molar-refractivity contribution < 1.29 is 9.47 Å². The maximum atomic E-state index is 5.82. The lowest BCUT2D eigenvalue weighted by atomic mass is 10.0. The van der Waals surface area contributed by atoms with Crippen molar-refractivity contribution in [2.45, 2.75) is 51.6 Å². The molecule has 0 unspecified atom stereocenters. The van der Waals surface area contributed by atoms with Crippen LogP contribution >= 0.6 is 24.0 Å². The Labute approximate surface area is 205 Å². The van der Waals surface area contributed by atoms with Crippen LogP contribution in [0.2, 0.25) is 0 Å². The first-order chi connectivity index (χ1) is 14.8. The number of hydrogen-bond donors (Lipinski definition) is 2. The second-order valence-electron chi connectivity index (χ2n) is 8.49. The molecule has 1 aromatic carbocycles. The van der Waals surface area contributed by atoms with E-state index in [9.17, 15) is 0 Å². The van der Waals surface area contributed by atoms with Gasteiger partial charge in [-0.25, -0.2) is 0 Å². The maximum Gasteiger partial charge on any atom is 0.191 e. The molecule has 1 aromatic rings. The average molecular weight is 545 g/mol. The lowest BCUT2D eigenvalue weighted by Crippen LogP contribution is -2.37. The molecule has 0 atom stereocenters. The summed E-state index contributed by atoms with van der Waals surface area (Å²) in [4.78, 5) is 6.89. The van der Waals surface area contributed by atoms with Crippen molar-refractivity contribution >= 4 is 29.9 Å². The van der Waals surface area contributed by atoms with E-state index in [0.29, 0.717) is 5.92 Å². The van der Waals surface area contributed by atoms with Crippen molar-refractivity contribution in [2.24, 2.45) is 10.9 Å². The minimum Gasteiger partial charge on any atom is -0.381 e. The van der Waals surface area contributed by atoms with Gasteiger partial charge in [0.1, 0.15) is 0 Å². The van der Waals surface area contributed by atoms with Crippen molar-refractivity contribution in [3.8, 4) is 0 Å². The fraction of sp³-hybridized carbons (Fsp3) is 0.708. The summed E-state index contributed by atoms with van der Waals surface area (Å²) in [6.45, 7) is 8.64. The van der Waals surface area contributed by atoms with Gasteiger partial charge in [0.15, 0.2) is 5.96 Å². The first kappa shape index (κ1) is 26.4. The number of likely N-dealkylation sites (tertiary alicyclic amines) is 1. The van der Waals surface area contributed by atoms with E-state index in [2.05, 4.69) is 44.8 Å². The van der Waals surface area contributed by atoms with Crippen molar-refractivity contribution in [1.82, 2.24) is 15.5 Å². The number of ether oxygens (including phenoxy) is 2. The van der Waals surface area contributed by atoms with Gasteiger partial charge in [-0.3, -0.25) is 9.89 Å². The topological polar surface area (TPSA) is 58.1 Å². The number of hydrogen-bond acceptors (Lipinski definition) is 4. The largest absolute Gasteiger partial charge is 0.381 e. The Kier molecular flexibility index (Phi) is 13.5. The predicted molar refractivity (Wildman–Crippen MR) is 138 cm³/mol. The molecule has 0 bridgehead atoms. The highest BCUT2D eigenvalue weighted by atomic mass is 127. The molecule has 0 aliphatic carbocycles. The molecule has 2 aliphatic rings. The van der Waals surface area contributed by atoms with Gasteiger partial charge in [-0.2, -0.15) is 0 Å². The first-order valence-corrected chi connectivity index (χ1v) is 11.7. The second kappa shape index (κ2) is 15.8. The molecule has 2 aliphatic heterocycles. The van der Waals surface area contributed by atoms with Crippen LogP contribution in [-0.2, 0) is 22.6 Å². The van der Waals surface area contributed by atoms with Crippen LogP contribution in [-0.4, -0.2) is 64.0 Å². The van der Waals surface area contributed by atoms with E-state index in [1.807, 2.05) is 7.05 Å². The number of nitrogens with one attached hydrogen (secondary N) is 2. The van der Waals surface area contributed by atoms with E-state index in [1.165, 1.54) is 43.5 Å². The third-order valence-corrected chi connectivity index (χ3v) is 6.01. The van der Waals surface area contributed by atoms with Gasteiger partial charge in [-0.15, -0.1) is 24.0 Å². The number of halogens is 1. The van der Waals surface area contributed by atoms with Crippen LogP contribution in [0.25, 0.3) is 0 Å². The predicted octanol–water partition coefficient (Wildman–Crippen LogP) is 3.79. The fourth-order valence-electron chi connectivity index (χ4n) is 4.09. The number of rotatable bonds is 10. The van der Waals surface area contributed by atoms with Gasteiger partial charge in [0.2, 0.25) is 0 Å². The van der Waals surface area contributed by atoms with Gasteiger partial charge in [0.05, 0.1) is 0 Å². The SMILES string of the molecule is CN=C(NCCCOCC1CCOCC1)NCc1ccc(CN2CCCCC2)cc1.I. The molecule has 2 N–H and O–H groups in total. The van der Waals surface area contributed by atoms with Crippen molar-refractivity contribution in [1.29, 1.82) is 0 Å². The minimum atomic E-state index is 0. The molecule has 0 spiro atoms. The Morgan fingerprint density at radius 3 is 2.48 bits per heavy atom. The number of benzene rings is 1. The maximum absolute atomic E-state index is 5.82. The Hall–Kier alpha value is -0.900. The van der Waals surface area contributed by atoms with Crippen LogP contribution in [0.1, 0.15) is 49.7 Å². The molecule has 0 amide bonds. The molecule has 6 nitrogen and oxygen atoms in total. The Morgan fingerprint density at radius 2 is 1.77 bits per heavy atom. The Morgan fingerprint density at radius 1 is 1.06 bits per heavy atom. The standard InChI is InChI=1S/C24H40N4O2.HI/c1-25-24(26-12-5-15-30-20-23-10-16-29-17-11-23)27-18-21-6-8-22(9-7-21)19-28-13-3-2-4-14-28;/h6-9,23H,2-5,10-20H2,1H3,(H2,25,26,27);1H. The van der Waals surface area contributed by atoms with Crippen molar-refractivity contribution in [3.05, 3.63) is 35.4 Å². The molecule has 3 rings (SSSR count). The fourth-order valence-corrected chi connectivity index (χ4v) is 4.09. The van der Waals surface area contributed by atoms with Gasteiger partial charge < -0.3 is 20.1 Å². The Balaban J connectivity index is 0.00000341. The number of nitrogens with zero attached hydrogens (tertiary/aromatic N) is 2. The zero-order valence-electron chi connectivity index (χ0n) is 19.1. The first-order valence-electron chi connectivity index (χ1n) is 11.7. The zero-order chi connectivity index (χ0) is 20.9. The molecule has 0 aromatic heterocycles. The minimum absolute atomic E-state index is 0. The van der Waals surface area contributed by atoms with E-state index in [4.69, 9.17) is 9.47 Å². The number of aliphatic imine (C=N–C) groups is 1. The summed E-state index contributed by atoms with van der Waals surface area (Å²) in [5.41, 5.74) is 2.68. The van der Waals surface area contributed by atoms with Crippen molar-refractivity contribution in [3.63, 3.8) is 0 Å².